The van der Waals surface area contributed by atoms with Gasteiger partial charge >= 0.3 is 5.97 Å². The number of methoxy groups -OCH3 is 2. The van der Waals surface area contributed by atoms with Gasteiger partial charge in [0.05, 0.1) is 25.5 Å². The summed E-state index contributed by atoms with van der Waals surface area (Å²) in [6.07, 6.45) is 0. The first-order chi connectivity index (χ1) is 13.4. The van der Waals surface area contributed by atoms with Gasteiger partial charge in [0.15, 0.2) is 0 Å². The average Bonchev–Trinajstić information content (AvgIpc) is 2.60. The maximum Gasteiger partial charge on any atom is 0.343 e. The van der Waals surface area contributed by atoms with E-state index in [2.05, 4.69) is 0 Å². The number of nitrogens with two attached hydrogens (primary N) is 7. The van der Waals surface area contributed by atoms with Crippen molar-refractivity contribution in [3.63, 3.8) is 0 Å². The number of hydrogen-bond donors (Lipinski definition) is 7. The highest BCUT2D eigenvalue weighted by Crippen LogP contribution is 2.40. The van der Waals surface area contributed by atoms with Crippen molar-refractivity contribution >= 4 is 11.7 Å². The fraction of sp³-hybridized carbons (Fsp3) is 0.235. The summed E-state index contributed by atoms with van der Waals surface area (Å²) >= 11 is 0. The molecule has 0 fully saturated rings. The monoisotopic (exact) mass is 407 g/mol. The summed E-state index contributed by atoms with van der Waals surface area (Å²) in [5, 5.41) is 0. The molecule has 0 aliphatic carbocycles. The maximum absolute atomic E-state index is 12.3. The van der Waals surface area contributed by atoms with Crippen molar-refractivity contribution in [2.75, 3.05) is 20.0 Å². The molecule has 2 aromatic carbocycles. The number of carbonyl (C=O) groups is 1. The highest BCUT2D eigenvalue weighted by molar-refractivity contribution is 6.00. The first-order valence-electron chi connectivity index (χ1n) is 8.16. The van der Waals surface area contributed by atoms with E-state index in [0.717, 1.165) is 0 Å². The summed E-state index contributed by atoms with van der Waals surface area (Å²) < 4.78 is 20.9. The number of carbonyl (C=O) groups excluding carboxylic acids is 1. The summed E-state index contributed by atoms with van der Waals surface area (Å²) in [4.78, 5) is 12.3. The van der Waals surface area contributed by atoms with Crippen molar-refractivity contribution in [2.45, 2.75) is 11.8 Å². The number of nitrogen functional groups attached to an aromatic ring is 1. The minimum atomic E-state index is -1.88. The topological polar surface area (TPSA) is 236 Å². The Hall–Kier alpha value is -3.13. The van der Waals surface area contributed by atoms with Gasteiger partial charge in [-0.15, -0.1) is 0 Å². The second-order valence-corrected chi connectivity index (χ2v) is 6.19. The van der Waals surface area contributed by atoms with Crippen molar-refractivity contribution in [1.82, 2.24) is 0 Å². The van der Waals surface area contributed by atoms with Gasteiger partial charge in [-0.05, 0) is 24.3 Å². The Bertz CT molecular complexity index is 889. The van der Waals surface area contributed by atoms with Gasteiger partial charge in [-0.1, -0.05) is 0 Å². The largest absolute Gasteiger partial charge is 0.496 e. The van der Waals surface area contributed by atoms with Gasteiger partial charge < -0.3 is 24.7 Å². The van der Waals surface area contributed by atoms with Crippen LogP contribution in [0.5, 0.6) is 23.0 Å². The van der Waals surface area contributed by atoms with E-state index in [0.29, 0.717) is 11.5 Å². The molecular weight excluding hydrogens is 382 g/mol. The molecule has 0 atom stereocenters. The second kappa shape index (κ2) is 8.08. The van der Waals surface area contributed by atoms with Gasteiger partial charge in [-0.3, -0.25) is 34.4 Å². The van der Waals surface area contributed by atoms with E-state index < -0.39 is 17.7 Å². The van der Waals surface area contributed by atoms with Crippen LogP contribution >= 0.6 is 0 Å². The van der Waals surface area contributed by atoms with E-state index >= 15 is 0 Å². The van der Waals surface area contributed by atoms with Crippen LogP contribution in [0.3, 0.4) is 0 Å². The summed E-state index contributed by atoms with van der Waals surface area (Å²) in [6, 6.07) is 7.44. The van der Waals surface area contributed by atoms with E-state index in [1.165, 1.54) is 44.6 Å². The second-order valence-electron chi connectivity index (χ2n) is 6.19. The molecule has 0 amide bonds. The predicted octanol–water partition coefficient (Wildman–Crippen LogP) is -1.29. The van der Waals surface area contributed by atoms with Crippen molar-refractivity contribution in [1.29, 1.82) is 0 Å². The summed E-state index contributed by atoms with van der Waals surface area (Å²) in [5.41, 5.74) is 39.3. The lowest BCUT2D eigenvalue weighted by Crippen LogP contribution is -2.62. The van der Waals surface area contributed by atoms with Crippen molar-refractivity contribution in [2.24, 2.45) is 34.4 Å². The Balaban J connectivity index is 2.51. The minimum absolute atomic E-state index is 0.0154. The Kier molecular flexibility index (Phi) is 6.18. The van der Waals surface area contributed by atoms with E-state index in [4.69, 9.17) is 59.1 Å². The van der Waals surface area contributed by atoms with Crippen molar-refractivity contribution in [3.8, 4) is 23.0 Å². The van der Waals surface area contributed by atoms with Crippen LogP contribution in [0, 0.1) is 0 Å². The molecule has 0 heterocycles. The Labute approximate surface area is 166 Å². The first kappa shape index (κ1) is 22.2. The van der Waals surface area contributed by atoms with Crippen LogP contribution in [0.25, 0.3) is 0 Å². The molecule has 0 bridgehead atoms. The van der Waals surface area contributed by atoms with Gasteiger partial charge in [0.2, 0.25) is 0 Å². The quantitative estimate of drug-likeness (QED) is 0.161. The fourth-order valence-electron chi connectivity index (χ4n) is 2.56. The maximum atomic E-state index is 12.3. The molecule has 0 unspecified atom stereocenters. The molecule has 0 aliphatic heterocycles. The molecule has 0 aliphatic rings. The molecule has 2 aromatic rings. The Morgan fingerprint density at radius 1 is 0.897 bits per heavy atom. The van der Waals surface area contributed by atoms with Crippen LogP contribution in [0.1, 0.15) is 15.9 Å². The normalized spacial score (nSPS) is 11.7. The lowest BCUT2D eigenvalue weighted by Gasteiger charge is -2.26. The lowest BCUT2D eigenvalue weighted by atomic mass is 10.00. The lowest BCUT2D eigenvalue weighted by molar-refractivity contribution is 0.0598. The van der Waals surface area contributed by atoms with E-state index in [1.54, 1.807) is 0 Å². The predicted molar refractivity (Wildman–Crippen MR) is 105 cm³/mol. The molecule has 0 aromatic heterocycles. The van der Waals surface area contributed by atoms with Gasteiger partial charge in [0.1, 0.15) is 34.3 Å². The van der Waals surface area contributed by atoms with Crippen LogP contribution in [-0.4, -0.2) is 26.2 Å². The zero-order valence-corrected chi connectivity index (χ0v) is 16.0. The minimum Gasteiger partial charge on any atom is -0.496 e. The van der Waals surface area contributed by atoms with Crippen LogP contribution in [0.15, 0.2) is 30.3 Å². The van der Waals surface area contributed by atoms with E-state index in [9.17, 15) is 4.79 Å². The number of hydrogen-bond acceptors (Lipinski definition) is 12. The molecule has 0 saturated carbocycles. The summed E-state index contributed by atoms with van der Waals surface area (Å²) in [6.45, 7) is 0. The molecule has 2 rings (SSSR count). The van der Waals surface area contributed by atoms with Crippen molar-refractivity contribution in [3.05, 3.63) is 41.5 Å². The number of esters is 1. The molecule has 29 heavy (non-hydrogen) atoms. The average molecular weight is 407 g/mol. The zero-order valence-electron chi connectivity index (χ0n) is 16.0. The van der Waals surface area contributed by atoms with Gasteiger partial charge in [0.25, 0.3) is 5.97 Å². The van der Waals surface area contributed by atoms with Crippen LogP contribution in [0.2, 0.25) is 0 Å². The third-order valence-corrected chi connectivity index (χ3v) is 3.68. The van der Waals surface area contributed by atoms with Gasteiger partial charge in [0, 0.05) is 6.07 Å². The molecule has 0 spiro atoms. The van der Waals surface area contributed by atoms with Gasteiger partial charge in [-0.25, -0.2) is 4.79 Å². The van der Waals surface area contributed by atoms with Crippen LogP contribution in [0.4, 0.5) is 5.69 Å². The number of benzene rings is 2. The number of rotatable bonds is 7. The summed E-state index contributed by atoms with van der Waals surface area (Å²) in [7, 11) is 2.54. The Morgan fingerprint density at radius 3 is 1.90 bits per heavy atom. The first-order valence-corrected chi connectivity index (χ1v) is 8.16. The Morgan fingerprint density at radius 2 is 1.45 bits per heavy atom. The molecule has 0 saturated heterocycles. The molecule has 14 N–H and O–H groups in total. The SMILES string of the molecule is COC(=O)c1c(Oc2ccc(OC(N)(N)N)cc2)cc(OC)c(C(N)(N)N)c1N. The third kappa shape index (κ3) is 5.23. The number of ether oxygens (including phenoxy) is 4. The van der Waals surface area contributed by atoms with Crippen LogP contribution < -0.4 is 54.3 Å². The molecule has 12 heteroatoms. The molecular formula is C17H25N7O5. The molecule has 12 nitrogen and oxygen atoms in total. The fourth-order valence-corrected chi connectivity index (χ4v) is 2.56. The van der Waals surface area contributed by atoms with Crippen LogP contribution in [-0.2, 0) is 10.5 Å². The van der Waals surface area contributed by atoms with Gasteiger partial charge in [-0.2, -0.15) is 0 Å². The standard InChI is InChI=1S/C17H25N7O5/c1-26-11-7-10(12(15(25)27-2)14(18)13(11)16(19,20)21)28-8-3-5-9(6-4-8)29-17(22,23)24/h3-7H,18-24H2,1-2H3. The molecule has 158 valence electrons. The number of anilines is 1. The smallest absolute Gasteiger partial charge is 0.343 e. The summed E-state index contributed by atoms with van der Waals surface area (Å²) in [5.74, 6) is -3.75. The molecule has 0 radical (unpaired) electrons. The zero-order chi connectivity index (χ0) is 22.0. The highest BCUT2D eigenvalue weighted by Gasteiger charge is 2.31. The third-order valence-electron chi connectivity index (χ3n) is 3.68. The van der Waals surface area contributed by atoms with E-state index in [-0.39, 0.29) is 28.3 Å². The van der Waals surface area contributed by atoms with E-state index in [1.807, 2.05) is 0 Å². The van der Waals surface area contributed by atoms with Crippen molar-refractivity contribution < 1.29 is 23.7 Å². The highest BCUT2D eigenvalue weighted by atomic mass is 16.5.